The fourth-order valence-corrected chi connectivity index (χ4v) is 14.1. The van der Waals surface area contributed by atoms with E-state index in [1.165, 1.54) is 23.4 Å². The topological polar surface area (TPSA) is 210 Å². The quantitative estimate of drug-likeness (QED) is 0.0615. The van der Waals surface area contributed by atoms with Crippen LogP contribution in [0.5, 0.6) is 0 Å². The number of piperazine rings is 1. The number of hydrogen-bond acceptors (Lipinski definition) is 16. The van der Waals surface area contributed by atoms with Gasteiger partial charge in [0.05, 0.1) is 65.3 Å². The fourth-order valence-electron chi connectivity index (χ4n) is 13.3. The predicted molar refractivity (Wildman–Crippen MR) is 319 cm³/mol. The molecule has 10 rings (SSSR count). The van der Waals surface area contributed by atoms with Crippen LogP contribution in [0.3, 0.4) is 0 Å². The summed E-state index contributed by atoms with van der Waals surface area (Å²) in [6, 6.07) is 10.3. The number of halogens is 2. The van der Waals surface area contributed by atoms with Gasteiger partial charge < -0.3 is 55.4 Å². The number of hydrogen-bond donors (Lipinski definition) is 5. The Morgan fingerprint density at radius 1 is 0.881 bits per heavy atom. The number of aromatic nitrogens is 3. The smallest absolute Gasteiger partial charge is 0.246 e. The van der Waals surface area contributed by atoms with Gasteiger partial charge >= 0.3 is 0 Å². The lowest BCUT2D eigenvalue weighted by Gasteiger charge is -2.48. The molecule has 19 nitrogen and oxygen atoms in total. The lowest BCUT2D eigenvalue weighted by molar-refractivity contribution is -0.145. The number of amides is 4. The summed E-state index contributed by atoms with van der Waals surface area (Å²) >= 11 is 1.58. The van der Waals surface area contributed by atoms with Gasteiger partial charge in [0.15, 0.2) is 0 Å². The number of ether oxygens (including phenoxy) is 2. The third-order valence-electron chi connectivity index (χ3n) is 18.4. The number of nitrogens with zero attached hydrogens (tertiary/aromatic N) is 8. The van der Waals surface area contributed by atoms with Gasteiger partial charge in [0, 0.05) is 83.0 Å². The monoisotopic (exact) mass is 1180 g/mol. The molecular weight excluding hydrogens is 1090 g/mol. The molecule has 5 N–H and O–H groups in total. The molecule has 4 aromatic rings. The first-order valence-corrected chi connectivity index (χ1v) is 31.0. The molecular formula is C62H86F2N12O7S. The maximum atomic E-state index is 15.7. The second kappa shape index (κ2) is 26.0. The number of thiazole rings is 1. The molecule has 0 radical (unpaired) electrons. The molecule has 7 heterocycles. The van der Waals surface area contributed by atoms with Gasteiger partial charge in [-0.25, -0.2) is 23.7 Å². The highest BCUT2D eigenvalue weighted by molar-refractivity contribution is 7.13. The SMILES string of the molecule is Cc1ncsc1-c1ccc([C@H](C)NC(=O)[C@@H]2C[C@@H](O)CN2C(=O)[C@@H](NC(=O)CO[C@@H]2C[C@@H]3CN(CCOCCNc4cc(N5CCC6(CC5)CN(c5cc(F)c(CN7CCC(C)(C)CC7)cc5F)CC(=O)N6)ncn4)C[C@@H]3C2)C(C)(C)C)cc1. The van der Waals surface area contributed by atoms with Gasteiger partial charge in [-0.05, 0) is 105 Å². The van der Waals surface area contributed by atoms with Crippen LogP contribution in [0.1, 0.15) is 109 Å². The number of fused-ring (bicyclic) bond motifs is 1. The van der Waals surface area contributed by atoms with Crippen LogP contribution >= 0.6 is 11.3 Å². The molecule has 1 aliphatic carbocycles. The van der Waals surface area contributed by atoms with Crippen LogP contribution in [0.2, 0.25) is 0 Å². The summed E-state index contributed by atoms with van der Waals surface area (Å²) in [5.74, 6) is 0.0359. The molecule has 1 saturated carbocycles. The second-order valence-corrected chi connectivity index (χ2v) is 27.2. The van der Waals surface area contributed by atoms with Crippen LogP contribution in [0.4, 0.5) is 26.1 Å². The van der Waals surface area contributed by atoms with Crippen LogP contribution in [-0.2, 0) is 35.2 Å². The number of aliphatic hydroxyl groups excluding tert-OH is 1. The zero-order chi connectivity index (χ0) is 59.5. The summed E-state index contributed by atoms with van der Waals surface area (Å²) < 4.78 is 43.5. The predicted octanol–water partition coefficient (Wildman–Crippen LogP) is 6.31. The minimum Gasteiger partial charge on any atom is -0.391 e. The zero-order valence-corrected chi connectivity index (χ0v) is 50.7. The van der Waals surface area contributed by atoms with Crippen molar-refractivity contribution in [2.45, 2.75) is 136 Å². The van der Waals surface area contributed by atoms with Gasteiger partial charge in [0.25, 0.3) is 0 Å². The number of carbonyl (C=O) groups excluding carboxylic acids is 4. The number of carbonyl (C=O) groups is 4. The van der Waals surface area contributed by atoms with Crippen LogP contribution in [0.25, 0.3) is 10.4 Å². The van der Waals surface area contributed by atoms with E-state index in [-0.39, 0.29) is 61.2 Å². The van der Waals surface area contributed by atoms with Crippen molar-refractivity contribution in [3.8, 4) is 10.4 Å². The summed E-state index contributed by atoms with van der Waals surface area (Å²) in [4.78, 5) is 78.9. The second-order valence-electron chi connectivity index (χ2n) is 26.4. The highest BCUT2D eigenvalue weighted by Crippen LogP contribution is 2.40. The molecule has 5 saturated heterocycles. The first kappa shape index (κ1) is 61.2. The Bertz CT molecular complexity index is 2950. The zero-order valence-electron chi connectivity index (χ0n) is 49.9. The lowest BCUT2D eigenvalue weighted by Crippen LogP contribution is -2.66. The molecule has 2 aromatic carbocycles. The standard InChI is InChI=1S/C62H86F2N12O7S/c1-39(41-8-10-42(11-9-41)56-40(2)68-38-84-56)69-58(80)51-27-46(77)33-76(51)59(81)57(60(3,4)5)70-55(79)35-83-47-24-43-30-73(31-44(43)25-47)21-23-82-22-16-65-52-29-53(67-37-66-52)74-19-14-62(15-20-74)36-75(34-54(78)71-62)50-28-48(63)45(26-49(50)64)32-72-17-12-61(6,7)13-18-72/h8-11,26,28-29,37-39,43-44,46-47,51,57,77H,12-25,27,30-36H2,1-7H3,(H,69,80)(H,70,79)(H,71,78)(H,65,66,67)/t39-,43-,44+,46+,47-,51-,57+/m0/s1. The molecule has 2 aromatic heterocycles. The van der Waals surface area contributed by atoms with E-state index in [9.17, 15) is 24.3 Å². The van der Waals surface area contributed by atoms with Crippen molar-refractivity contribution in [1.82, 2.24) is 45.6 Å². The van der Waals surface area contributed by atoms with Crippen molar-refractivity contribution < 1.29 is 42.5 Å². The van der Waals surface area contributed by atoms with Gasteiger partial charge in [0.1, 0.15) is 48.3 Å². The van der Waals surface area contributed by atoms with E-state index >= 15 is 8.78 Å². The third kappa shape index (κ3) is 14.8. The summed E-state index contributed by atoms with van der Waals surface area (Å²) in [7, 11) is 0. The average molecular weight is 1180 g/mol. The normalized spacial score (nSPS) is 24.2. The molecule has 0 bridgehead atoms. The van der Waals surface area contributed by atoms with E-state index in [1.807, 2.05) is 70.5 Å². The first-order chi connectivity index (χ1) is 40.1. The molecule has 84 heavy (non-hydrogen) atoms. The fraction of sp³-hybridized carbons (Fsp3) is 0.629. The van der Waals surface area contributed by atoms with Crippen molar-refractivity contribution in [2.75, 3.05) is 107 Å². The number of likely N-dealkylation sites (tertiary alicyclic amines) is 3. The van der Waals surface area contributed by atoms with Crippen molar-refractivity contribution in [2.24, 2.45) is 22.7 Å². The van der Waals surface area contributed by atoms with E-state index in [1.54, 1.807) is 16.2 Å². The Morgan fingerprint density at radius 3 is 2.30 bits per heavy atom. The van der Waals surface area contributed by atoms with Gasteiger partial charge in [-0.2, -0.15) is 0 Å². The molecule has 6 aliphatic rings. The van der Waals surface area contributed by atoms with Crippen LogP contribution < -0.4 is 31.1 Å². The van der Waals surface area contributed by atoms with Crippen molar-refractivity contribution >= 4 is 52.3 Å². The highest BCUT2D eigenvalue weighted by atomic mass is 32.1. The van der Waals surface area contributed by atoms with Gasteiger partial charge in [-0.15, -0.1) is 11.3 Å². The highest BCUT2D eigenvalue weighted by Gasteiger charge is 2.46. The molecule has 1 spiro atoms. The molecule has 4 amide bonds. The van der Waals surface area contributed by atoms with E-state index in [2.05, 4.69) is 64.8 Å². The Morgan fingerprint density at radius 2 is 1.61 bits per heavy atom. The largest absolute Gasteiger partial charge is 0.391 e. The van der Waals surface area contributed by atoms with Crippen LogP contribution in [-0.4, -0.2) is 180 Å². The van der Waals surface area contributed by atoms with E-state index in [0.29, 0.717) is 82.0 Å². The van der Waals surface area contributed by atoms with Crippen LogP contribution in [0.15, 0.2) is 54.3 Å². The number of anilines is 3. The Hall–Kier alpha value is -5.91. The number of aryl methyl sites for hydroxylation is 1. The lowest BCUT2D eigenvalue weighted by atomic mass is 9.82. The number of aliphatic hydroxyl groups is 1. The Labute approximate surface area is 497 Å². The third-order valence-corrected chi connectivity index (χ3v) is 19.4. The number of rotatable bonds is 20. The van der Waals surface area contributed by atoms with Gasteiger partial charge in [0.2, 0.25) is 23.6 Å². The Kier molecular flexibility index (Phi) is 18.9. The number of nitrogens with one attached hydrogen (secondary N) is 4. The van der Waals surface area contributed by atoms with Gasteiger partial charge in [-0.1, -0.05) is 58.9 Å². The van der Waals surface area contributed by atoms with Crippen molar-refractivity contribution in [3.63, 3.8) is 0 Å². The van der Waals surface area contributed by atoms with E-state index in [0.717, 1.165) is 85.9 Å². The van der Waals surface area contributed by atoms with Crippen molar-refractivity contribution in [1.29, 1.82) is 0 Å². The Balaban J connectivity index is 0.608. The number of β-amino-alcohol motifs (C(OH)–C–C–N with tert-alkyl or cyclic N) is 1. The summed E-state index contributed by atoms with van der Waals surface area (Å²) in [5, 5.41) is 23.3. The number of piperidine rings is 2. The molecule has 22 heteroatoms. The minimum absolute atomic E-state index is 0.00821. The van der Waals surface area contributed by atoms with Crippen molar-refractivity contribution in [3.05, 3.63) is 82.8 Å². The first-order valence-electron chi connectivity index (χ1n) is 30.1. The number of benzene rings is 2. The van der Waals surface area contributed by atoms with Gasteiger partial charge in [-0.3, -0.25) is 24.1 Å². The average Bonchev–Trinajstić information content (AvgIpc) is 1.98. The summed E-state index contributed by atoms with van der Waals surface area (Å²) in [5.41, 5.74) is 4.20. The molecule has 456 valence electrons. The van der Waals surface area contributed by atoms with Crippen LogP contribution in [0, 0.1) is 41.2 Å². The van der Waals surface area contributed by atoms with E-state index in [4.69, 9.17) is 9.47 Å². The molecule has 7 atom stereocenters. The summed E-state index contributed by atoms with van der Waals surface area (Å²) in [6.45, 7) is 21.7. The molecule has 5 aliphatic heterocycles. The maximum Gasteiger partial charge on any atom is 0.246 e. The molecule has 0 unspecified atom stereocenters. The minimum atomic E-state index is -0.948. The van der Waals surface area contributed by atoms with E-state index < -0.39 is 52.6 Å². The maximum absolute atomic E-state index is 15.7. The summed E-state index contributed by atoms with van der Waals surface area (Å²) in [6.07, 6.45) is 5.67. The molecule has 6 fully saturated rings.